The second kappa shape index (κ2) is 7.59. The van der Waals surface area contributed by atoms with Gasteiger partial charge in [-0.1, -0.05) is 29.8 Å². The van der Waals surface area contributed by atoms with Crippen LogP contribution in [0, 0.1) is 12.8 Å². The number of rotatable bonds is 3. The van der Waals surface area contributed by atoms with Gasteiger partial charge in [0.25, 0.3) is 0 Å². The highest BCUT2D eigenvalue weighted by Gasteiger charge is 2.38. The van der Waals surface area contributed by atoms with Gasteiger partial charge < -0.3 is 14.2 Å². The third kappa shape index (κ3) is 3.47. The van der Waals surface area contributed by atoms with E-state index in [9.17, 15) is 9.59 Å². The van der Waals surface area contributed by atoms with E-state index in [1.54, 1.807) is 4.90 Å². The SMILES string of the molecule is Cc1ccc(N2CC(C(=O)N3CCC(c4nc5ccccc5o4)CC3)CC2=O)cc1. The van der Waals surface area contributed by atoms with Gasteiger partial charge in [-0.25, -0.2) is 4.98 Å². The lowest BCUT2D eigenvalue weighted by molar-refractivity contribution is -0.136. The van der Waals surface area contributed by atoms with Gasteiger partial charge in [0, 0.05) is 37.7 Å². The molecule has 0 radical (unpaired) electrons. The van der Waals surface area contributed by atoms with Crippen LogP contribution in [0.15, 0.2) is 52.9 Å². The molecule has 0 bridgehead atoms. The summed E-state index contributed by atoms with van der Waals surface area (Å²) in [5.74, 6) is 0.854. The Morgan fingerprint density at radius 3 is 2.53 bits per heavy atom. The third-order valence-corrected chi connectivity index (χ3v) is 6.29. The Labute approximate surface area is 175 Å². The van der Waals surface area contributed by atoms with E-state index in [-0.39, 0.29) is 30.1 Å². The van der Waals surface area contributed by atoms with E-state index < -0.39 is 0 Å². The fraction of sp³-hybridized carbons (Fsp3) is 0.375. The summed E-state index contributed by atoms with van der Waals surface area (Å²) < 4.78 is 5.92. The standard InChI is InChI=1S/C24H25N3O3/c1-16-6-8-19(9-7-16)27-15-18(14-22(27)28)24(29)26-12-10-17(11-13-26)23-25-20-4-2-3-5-21(20)30-23/h2-9,17-18H,10-15H2,1H3. The van der Waals surface area contributed by atoms with Crippen molar-refractivity contribution in [1.29, 1.82) is 0 Å². The normalized spacial score (nSPS) is 20.3. The van der Waals surface area contributed by atoms with Crippen LogP contribution in [0.4, 0.5) is 5.69 Å². The molecule has 1 unspecified atom stereocenters. The number of para-hydroxylation sites is 2. The minimum atomic E-state index is -0.264. The number of likely N-dealkylation sites (tertiary alicyclic amines) is 1. The number of hydrogen-bond acceptors (Lipinski definition) is 4. The molecular formula is C24H25N3O3. The molecule has 2 aliphatic heterocycles. The summed E-state index contributed by atoms with van der Waals surface area (Å²) in [4.78, 5) is 33.9. The maximum Gasteiger partial charge on any atom is 0.228 e. The number of aryl methyl sites for hydroxylation is 1. The third-order valence-electron chi connectivity index (χ3n) is 6.29. The fourth-order valence-corrected chi connectivity index (χ4v) is 4.52. The van der Waals surface area contributed by atoms with Crippen LogP contribution in [0.1, 0.15) is 36.6 Å². The van der Waals surface area contributed by atoms with Crippen LogP contribution in [0.5, 0.6) is 0 Å². The van der Waals surface area contributed by atoms with Crippen LogP contribution in [0.25, 0.3) is 11.1 Å². The molecule has 2 aliphatic rings. The molecular weight excluding hydrogens is 378 g/mol. The van der Waals surface area contributed by atoms with Crippen molar-refractivity contribution in [3.8, 4) is 0 Å². The average molecular weight is 403 g/mol. The summed E-state index contributed by atoms with van der Waals surface area (Å²) in [6.07, 6.45) is 1.96. The molecule has 0 N–H and O–H groups in total. The number of oxazole rings is 1. The highest BCUT2D eigenvalue weighted by molar-refractivity contribution is 6.00. The number of carbonyl (C=O) groups is 2. The second-order valence-electron chi connectivity index (χ2n) is 8.36. The van der Waals surface area contributed by atoms with Crippen molar-refractivity contribution < 1.29 is 14.0 Å². The zero-order valence-electron chi connectivity index (χ0n) is 17.1. The second-order valence-corrected chi connectivity index (χ2v) is 8.36. The smallest absolute Gasteiger partial charge is 0.228 e. The van der Waals surface area contributed by atoms with Gasteiger partial charge in [-0.05, 0) is 44.0 Å². The zero-order valence-corrected chi connectivity index (χ0v) is 17.1. The molecule has 3 heterocycles. The molecule has 6 heteroatoms. The minimum Gasteiger partial charge on any atom is -0.440 e. The van der Waals surface area contributed by atoms with Gasteiger partial charge in [-0.15, -0.1) is 0 Å². The Balaban J connectivity index is 1.21. The van der Waals surface area contributed by atoms with E-state index in [2.05, 4.69) is 4.98 Å². The Morgan fingerprint density at radius 2 is 1.80 bits per heavy atom. The number of piperidine rings is 1. The molecule has 2 saturated heterocycles. The summed E-state index contributed by atoms with van der Waals surface area (Å²) in [5.41, 5.74) is 3.72. The number of aromatic nitrogens is 1. The van der Waals surface area contributed by atoms with Crippen LogP contribution >= 0.6 is 0 Å². The molecule has 2 amide bonds. The lowest BCUT2D eigenvalue weighted by Crippen LogP contribution is -2.42. The van der Waals surface area contributed by atoms with Crippen molar-refractivity contribution in [2.45, 2.75) is 32.1 Å². The van der Waals surface area contributed by atoms with Crippen molar-refractivity contribution in [3.63, 3.8) is 0 Å². The molecule has 3 aromatic rings. The van der Waals surface area contributed by atoms with Gasteiger partial charge in [0.05, 0.1) is 5.92 Å². The Morgan fingerprint density at radius 1 is 1.07 bits per heavy atom. The van der Waals surface area contributed by atoms with Gasteiger partial charge in [-0.2, -0.15) is 0 Å². The highest BCUT2D eigenvalue weighted by Crippen LogP contribution is 2.32. The first-order valence-electron chi connectivity index (χ1n) is 10.6. The summed E-state index contributed by atoms with van der Waals surface area (Å²) in [5, 5.41) is 0. The molecule has 154 valence electrons. The van der Waals surface area contributed by atoms with Gasteiger partial charge in [0.15, 0.2) is 11.5 Å². The van der Waals surface area contributed by atoms with E-state index in [4.69, 9.17) is 4.42 Å². The highest BCUT2D eigenvalue weighted by atomic mass is 16.3. The van der Waals surface area contributed by atoms with E-state index in [0.717, 1.165) is 41.1 Å². The summed E-state index contributed by atoms with van der Waals surface area (Å²) in [6.45, 7) is 3.84. The van der Waals surface area contributed by atoms with Gasteiger partial charge in [0.1, 0.15) is 5.52 Å². The molecule has 1 atom stereocenters. The minimum absolute atomic E-state index is 0.0264. The van der Waals surface area contributed by atoms with Crippen LogP contribution in [-0.2, 0) is 9.59 Å². The predicted octanol–water partition coefficient (Wildman–Crippen LogP) is 3.90. The number of hydrogen-bond donors (Lipinski definition) is 0. The van der Waals surface area contributed by atoms with E-state index in [1.165, 1.54) is 0 Å². The zero-order chi connectivity index (χ0) is 20.7. The molecule has 0 saturated carbocycles. The van der Waals surface area contributed by atoms with Crippen LogP contribution in [0.3, 0.4) is 0 Å². The molecule has 0 aliphatic carbocycles. The summed E-state index contributed by atoms with van der Waals surface area (Å²) >= 11 is 0. The monoisotopic (exact) mass is 403 g/mol. The van der Waals surface area contributed by atoms with Crippen molar-refractivity contribution in [1.82, 2.24) is 9.88 Å². The molecule has 30 heavy (non-hydrogen) atoms. The summed E-state index contributed by atoms with van der Waals surface area (Å²) in [7, 11) is 0. The molecule has 6 nitrogen and oxygen atoms in total. The lowest BCUT2D eigenvalue weighted by atomic mass is 9.95. The number of amides is 2. The molecule has 2 aromatic carbocycles. The molecule has 2 fully saturated rings. The van der Waals surface area contributed by atoms with E-state index in [0.29, 0.717) is 19.6 Å². The van der Waals surface area contributed by atoms with Crippen LogP contribution in [-0.4, -0.2) is 41.3 Å². The fourth-order valence-electron chi connectivity index (χ4n) is 4.52. The number of benzene rings is 2. The van der Waals surface area contributed by atoms with Crippen LogP contribution in [0.2, 0.25) is 0 Å². The van der Waals surface area contributed by atoms with Crippen LogP contribution < -0.4 is 4.90 Å². The first-order valence-corrected chi connectivity index (χ1v) is 10.6. The van der Waals surface area contributed by atoms with Crippen molar-refractivity contribution >= 4 is 28.6 Å². The van der Waals surface area contributed by atoms with Crippen molar-refractivity contribution in [2.75, 3.05) is 24.5 Å². The first kappa shape index (κ1) is 18.9. The Hall–Kier alpha value is -3.15. The van der Waals surface area contributed by atoms with E-state index in [1.807, 2.05) is 60.4 Å². The maximum atomic E-state index is 13.1. The van der Waals surface area contributed by atoms with E-state index >= 15 is 0 Å². The largest absolute Gasteiger partial charge is 0.440 e. The maximum absolute atomic E-state index is 13.1. The number of anilines is 1. The molecule has 1 aromatic heterocycles. The first-order chi connectivity index (χ1) is 14.6. The summed E-state index contributed by atoms with van der Waals surface area (Å²) in [6, 6.07) is 15.7. The Bertz CT molecular complexity index is 1050. The Kier molecular flexibility index (Phi) is 4.77. The number of fused-ring (bicyclic) bond motifs is 1. The quantitative estimate of drug-likeness (QED) is 0.665. The number of nitrogens with zero attached hydrogens (tertiary/aromatic N) is 3. The number of carbonyl (C=O) groups excluding carboxylic acids is 2. The lowest BCUT2D eigenvalue weighted by Gasteiger charge is -2.32. The topological polar surface area (TPSA) is 66.7 Å². The van der Waals surface area contributed by atoms with Gasteiger partial charge in [0.2, 0.25) is 11.8 Å². The van der Waals surface area contributed by atoms with Crippen molar-refractivity contribution in [3.05, 3.63) is 60.0 Å². The van der Waals surface area contributed by atoms with Crippen molar-refractivity contribution in [2.24, 2.45) is 5.92 Å². The molecule has 5 rings (SSSR count). The molecule has 0 spiro atoms. The van der Waals surface area contributed by atoms with Gasteiger partial charge >= 0.3 is 0 Å². The van der Waals surface area contributed by atoms with Gasteiger partial charge in [-0.3, -0.25) is 9.59 Å². The average Bonchev–Trinajstić information content (AvgIpc) is 3.38. The predicted molar refractivity (Wildman–Crippen MR) is 114 cm³/mol.